The molecular formula is C9H15NS3. The zero-order valence-corrected chi connectivity index (χ0v) is 10.3. The van der Waals surface area contributed by atoms with Crippen molar-refractivity contribution < 1.29 is 0 Å². The molecule has 1 aromatic rings. The van der Waals surface area contributed by atoms with E-state index in [-0.39, 0.29) is 0 Å². The lowest BCUT2D eigenvalue weighted by Crippen LogP contribution is -2.04. The summed E-state index contributed by atoms with van der Waals surface area (Å²) in [6.45, 7) is 2.23. The highest BCUT2D eigenvalue weighted by molar-refractivity contribution is 8.01. The molecule has 13 heavy (non-hydrogen) atoms. The second-order valence-electron chi connectivity index (χ2n) is 2.95. The average molecular weight is 233 g/mol. The monoisotopic (exact) mass is 233 g/mol. The number of hydrogen-bond donors (Lipinski definition) is 1. The SMILES string of the molecule is CCCC(CS)CSc1nccs1. The fourth-order valence-electron chi connectivity index (χ4n) is 1.11. The lowest BCUT2D eigenvalue weighted by molar-refractivity contribution is 0.595. The lowest BCUT2D eigenvalue weighted by Gasteiger charge is -2.10. The number of nitrogens with zero attached hydrogens (tertiary/aromatic N) is 1. The Kier molecular flexibility index (Phi) is 5.91. The first kappa shape index (κ1) is 11.4. The van der Waals surface area contributed by atoms with Gasteiger partial charge in [0, 0.05) is 17.3 Å². The molecule has 0 amide bonds. The molecule has 0 fully saturated rings. The second kappa shape index (κ2) is 6.74. The molecule has 1 atom stereocenters. The molecule has 1 unspecified atom stereocenters. The van der Waals surface area contributed by atoms with Gasteiger partial charge < -0.3 is 0 Å². The maximum absolute atomic E-state index is 4.35. The number of aromatic nitrogens is 1. The quantitative estimate of drug-likeness (QED) is 0.596. The van der Waals surface area contributed by atoms with E-state index in [1.165, 1.54) is 17.2 Å². The Morgan fingerprint density at radius 3 is 3.08 bits per heavy atom. The standard InChI is InChI=1S/C9H15NS3/c1-2-3-8(6-11)7-13-9-10-4-5-12-9/h4-5,8,11H,2-3,6-7H2,1H3. The van der Waals surface area contributed by atoms with Crippen molar-refractivity contribution in [1.82, 2.24) is 4.98 Å². The second-order valence-corrected chi connectivity index (χ2v) is 5.47. The van der Waals surface area contributed by atoms with E-state index in [2.05, 4.69) is 24.5 Å². The molecule has 0 bridgehead atoms. The van der Waals surface area contributed by atoms with E-state index in [0.717, 1.165) is 17.4 Å². The van der Waals surface area contributed by atoms with E-state index < -0.39 is 0 Å². The Balaban J connectivity index is 2.23. The van der Waals surface area contributed by atoms with Gasteiger partial charge in [0.1, 0.15) is 4.34 Å². The molecule has 0 spiro atoms. The summed E-state index contributed by atoms with van der Waals surface area (Å²) in [6, 6.07) is 0. The van der Waals surface area contributed by atoms with E-state index in [4.69, 9.17) is 0 Å². The van der Waals surface area contributed by atoms with Gasteiger partial charge in [-0.3, -0.25) is 0 Å². The highest BCUT2D eigenvalue weighted by Crippen LogP contribution is 2.24. The summed E-state index contributed by atoms with van der Waals surface area (Å²) in [5, 5.41) is 2.03. The van der Waals surface area contributed by atoms with Crippen LogP contribution in [0.3, 0.4) is 0 Å². The van der Waals surface area contributed by atoms with Crippen molar-refractivity contribution in [2.75, 3.05) is 11.5 Å². The molecule has 74 valence electrons. The van der Waals surface area contributed by atoms with E-state index in [9.17, 15) is 0 Å². The van der Waals surface area contributed by atoms with Crippen LogP contribution in [0.1, 0.15) is 19.8 Å². The third-order valence-corrected chi connectivity index (χ3v) is 4.52. The van der Waals surface area contributed by atoms with Gasteiger partial charge in [-0.2, -0.15) is 12.6 Å². The first-order valence-corrected chi connectivity index (χ1v) is 6.99. The van der Waals surface area contributed by atoms with E-state index in [1.54, 1.807) is 11.3 Å². The third-order valence-electron chi connectivity index (χ3n) is 1.81. The van der Waals surface area contributed by atoms with Crippen LogP contribution in [-0.2, 0) is 0 Å². The predicted octanol–water partition coefficient (Wildman–Crippen LogP) is 3.58. The summed E-state index contributed by atoms with van der Waals surface area (Å²) in [7, 11) is 0. The summed E-state index contributed by atoms with van der Waals surface area (Å²) in [5.74, 6) is 2.89. The van der Waals surface area contributed by atoms with Gasteiger partial charge in [-0.1, -0.05) is 25.1 Å². The summed E-state index contributed by atoms with van der Waals surface area (Å²) >= 11 is 7.93. The van der Waals surface area contributed by atoms with Gasteiger partial charge in [-0.25, -0.2) is 4.98 Å². The molecule has 1 heterocycles. The van der Waals surface area contributed by atoms with E-state index in [1.807, 2.05) is 23.3 Å². The van der Waals surface area contributed by atoms with Crippen molar-refractivity contribution in [2.24, 2.45) is 5.92 Å². The average Bonchev–Trinajstić information content (AvgIpc) is 2.64. The maximum atomic E-state index is 4.35. The van der Waals surface area contributed by atoms with Gasteiger partial charge >= 0.3 is 0 Å². The fraction of sp³-hybridized carbons (Fsp3) is 0.667. The van der Waals surface area contributed by atoms with Crippen LogP contribution >= 0.6 is 35.7 Å². The van der Waals surface area contributed by atoms with Gasteiger partial charge in [0.05, 0.1) is 0 Å². The Labute approximate surface area is 93.8 Å². The van der Waals surface area contributed by atoms with Gasteiger partial charge in [0.2, 0.25) is 0 Å². The number of thioether (sulfide) groups is 1. The number of rotatable bonds is 6. The Bertz CT molecular complexity index is 211. The normalized spacial score (nSPS) is 13.1. The van der Waals surface area contributed by atoms with Gasteiger partial charge in [0.15, 0.2) is 0 Å². The molecule has 1 nitrogen and oxygen atoms in total. The Morgan fingerprint density at radius 2 is 2.54 bits per heavy atom. The Hall–Kier alpha value is 0.330. The molecular weight excluding hydrogens is 218 g/mol. The molecule has 1 aromatic heterocycles. The maximum Gasteiger partial charge on any atom is 0.149 e. The first-order valence-electron chi connectivity index (χ1n) is 4.50. The van der Waals surface area contributed by atoms with Crippen LogP contribution in [0, 0.1) is 5.92 Å². The fourth-order valence-corrected chi connectivity index (χ4v) is 3.39. The zero-order valence-electron chi connectivity index (χ0n) is 7.77. The minimum atomic E-state index is 0.738. The molecule has 1 rings (SSSR count). The molecule has 0 saturated carbocycles. The van der Waals surface area contributed by atoms with Crippen molar-refractivity contribution in [3.8, 4) is 0 Å². The minimum absolute atomic E-state index is 0.738. The summed E-state index contributed by atoms with van der Waals surface area (Å²) in [5.41, 5.74) is 0. The lowest BCUT2D eigenvalue weighted by atomic mass is 10.1. The van der Waals surface area contributed by atoms with Crippen LogP contribution in [-0.4, -0.2) is 16.5 Å². The smallest absolute Gasteiger partial charge is 0.149 e. The van der Waals surface area contributed by atoms with Gasteiger partial charge in [0.25, 0.3) is 0 Å². The molecule has 0 aliphatic carbocycles. The molecule has 0 radical (unpaired) electrons. The number of thiazole rings is 1. The van der Waals surface area contributed by atoms with Crippen molar-refractivity contribution >= 4 is 35.7 Å². The van der Waals surface area contributed by atoms with Crippen LogP contribution in [0.15, 0.2) is 15.9 Å². The van der Waals surface area contributed by atoms with Crippen molar-refractivity contribution in [2.45, 2.75) is 24.1 Å². The third kappa shape index (κ3) is 4.38. The molecule has 0 aliphatic rings. The molecule has 0 aromatic carbocycles. The molecule has 0 aliphatic heterocycles. The number of hydrogen-bond acceptors (Lipinski definition) is 4. The van der Waals surface area contributed by atoms with Crippen molar-refractivity contribution in [1.29, 1.82) is 0 Å². The molecule has 4 heteroatoms. The van der Waals surface area contributed by atoms with Gasteiger partial charge in [-0.05, 0) is 18.1 Å². The first-order chi connectivity index (χ1) is 6.36. The summed E-state index contributed by atoms with van der Waals surface area (Å²) in [6.07, 6.45) is 4.40. The largest absolute Gasteiger partial charge is 0.238 e. The summed E-state index contributed by atoms with van der Waals surface area (Å²) < 4.78 is 1.18. The van der Waals surface area contributed by atoms with Crippen LogP contribution in [0.5, 0.6) is 0 Å². The topological polar surface area (TPSA) is 12.9 Å². The zero-order chi connectivity index (χ0) is 9.52. The summed E-state index contributed by atoms with van der Waals surface area (Å²) in [4.78, 5) is 4.24. The Morgan fingerprint density at radius 1 is 1.69 bits per heavy atom. The van der Waals surface area contributed by atoms with E-state index in [0.29, 0.717) is 0 Å². The van der Waals surface area contributed by atoms with Gasteiger partial charge in [-0.15, -0.1) is 11.3 Å². The van der Waals surface area contributed by atoms with Crippen molar-refractivity contribution in [3.05, 3.63) is 11.6 Å². The van der Waals surface area contributed by atoms with Crippen molar-refractivity contribution in [3.63, 3.8) is 0 Å². The number of thiol groups is 1. The minimum Gasteiger partial charge on any atom is -0.238 e. The van der Waals surface area contributed by atoms with Crippen LogP contribution in [0.25, 0.3) is 0 Å². The molecule has 0 saturated heterocycles. The van der Waals surface area contributed by atoms with Crippen LogP contribution in [0.4, 0.5) is 0 Å². The predicted molar refractivity (Wildman–Crippen MR) is 65.1 cm³/mol. The van der Waals surface area contributed by atoms with E-state index >= 15 is 0 Å². The highest BCUT2D eigenvalue weighted by Gasteiger charge is 2.06. The highest BCUT2D eigenvalue weighted by atomic mass is 32.2. The van der Waals surface area contributed by atoms with Crippen LogP contribution < -0.4 is 0 Å². The van der Waals surface area contributed by atoms with Crippen LogP contribution in [0.2, 0.25) is 0 Å². The molecule has 0 N–H and O–H groups in total.